The minimum absolute atomic E-state index is 0.0259. The highest BCUT2D eigenvalue weighted by atomic mass is 31.2. The Bertz CT molecular complexity index is 2180. The van der Waals surface area contributed by atoms with Gasteiger partial charge in [0.25, 0.3) is 11.5 Å². The summed E-state index contributed by atoms with van der Waals surface area (Å²) >= 11 is 0. The number of nitrogens with one attached hydrogen (secondary N) is 4. The molecule has 0 spiro atoms. The maximum atomic E-state index is 13.6. The highest BCUT2D eigenvalue weighted by molar-refractivity contribution is 7.48. The number of aromatic amines is 1. The molecule has 0 fully saturated rings. The van der Waals surface area contributed by atoms with E-state index in [-0.39, 0.29) is 79.9 Å². The summed E-state index contributed by atoms with van der Waals surface area (Å²) in [5.74, 6) is -3.47. The molecule has 0 bridgehead atoms. The summed E-state index contributed by atoms with van der Waals surface area (Å²) in [6.07, 6.45) is -2.45. The average Bonchev–Trinajstić information content (AvgIpc) is 3.17. The van der Waals surface area contributed by atoms with Crippen LogP contribution in [0.4, 0.5) is 30.5 Å². The Kier molecular flexibility index (Phi) is 18.1. The van der Waals surface area contributed by atoms with Crippen LogP contribution in [-0.2, 0) is 40.4 Å². The van der Waals surface area contributed by atoms with Gasteiger partial charge in [-0.3, -0.25) is 42.5 Å². The van der Waals surface area contributed by atoms with E-state index in [1.54, 1.807) is 38.1 Å². The summed E-state index contributed by atoms with van der Waals surface area (Å²) in [4.78, 5) is 72.6. The van der Waals surface area contributed by atoms with Crippen molar-refractivity contribution in [3.63, 3.8) is 0 Å². The number of H-pyrrole nitrogens is 1. The van der Waals surface area contributed by atoms with E-state index in [1.165, 1.54) is 20.0 Å². The number of carboxylic acids is 2. The number of rotatable bonds is 21. The number of carbonyl (C=O) groups excluding carboxylic acids is 2. The number of alkyl halides is 3. The molecule has 0 saturated carbocycles. The van der Waals surface area contributed by atoms with Gasteiger partial charge in [0, 0.05) is 24.2 Å². The zero-order valence-corrected chi connectivity index (χ0v) is 33.4. The largest absolute Gasteiger partial charge is 0.481 e. The number of amides is 1. The van der Waals surface area contributed by atoms with E-state index >= 15 is 0 Å². The van der Waals surface area contributed by atoms with Crippen LogP contribution in [-0.4, -0.2) is 80.1 Å². The molecular formula is C37H45F3N7O11P. The summed E-state index contributed by atoms with van der Waals surface area (Å²) < 4.78 is 68.5. The number of unbranched alkanes of at least 4 members (excludes halogenated alkanes) is 1. The second-order valence-electron chi connectivity index (χ2n) is 12.6. The highest BCUT2D eigenvalue weighted by Crippen LogP contribution is 2.49. The van der Waals surface area contributed by atoms with E-state index in [9.17, 15) is 41.7 Å². The molecule has 0 aliphatic rings. The molecule has 59 heavy (non-hydrogen) atoms. The summed E-state index contributed by atoms with van der Waals surface area (Å²) in [5, 5.41) is 24.8. The highest BCUT2D eigenvalue weighted by Gasteiger charge is 2.32. The Morgan fingerprint density at radius 3 is 2.24 bits per heavy atom. The van der Waals surface area contributed by atoms with Crippen molar-refractivity contribution < 1.29 is 60.7 Å². The van der Waals surface area contributed by atoms with Crippen LogP contribution < -0.4 is 21.5 Å². The number of carbonyl (C=O) groups is 4. The number of halogens is 3. The summed E-state index contributed by atoms with van der Waals surface area (Å²) in [5.41, 5.74) is -0.689. The molecule has 0 radical (unpaired) electrons. The van der Waals surface area contributed by atoms with Gasteiger partial charge in [-0.1, -0.05) is 6.92 Å². The fourth-order valence-corrected chi connectivity index (χ4v) is 6.06. The van der Waals surface area contributed by atoms with Crippen molar-refractivity contribution in [1.82, 2.24) is 25.3 Å². The molecule has 2 heterocycles. The van der Waals surface area contributed by atoms with Crippen LogP contribution in [0.15, 0.2) is 53.5 Å². The van der Waals surface area contributed by atoms with Crippen LogP contribution in [0.2, 0.25) is 0 Å². The summed E-state index contributed by atoms with van der Waals surface area (Å²) in [6, 6.07) is 9.30. The number of hydrogen-bond acceptors (Lipinski definition) is 14. The van der Waals surface area contributed by atoms with Gasteiger partial charge in [0.05, 0.1) is 61.0 Å². The number of aliphatic carboxylic acids is 2. The van der Waals surface area contributed by atoms with E-state index in [4.69, 9.17) is 23.8 Å². The van der Waals surface area contributed by atoms with E-state index in [0.717, 1.165) is 18.2 Å². The van der Waals surface area contributed by atoms with Crippen molar-refractivity contribution in [3.05, 3.63) is 81.4 Å². The second kappa shape index (κ2) is 22.4. The van der Waals surface area contributed by atoms with Crippen molar-refractivity contribution in [3.8, 4) is 0 Å². The minimum atomic E-state index is -4.72. The smallest absolute Gasteiger partial charge is 0.474 e. The molecular weight excluding hydrogens is 806 g/mol. The van der Waals surface area contributed by atoms with Crippen molar-refractivity contribution in [2.45, 2.75) is 66.1 Å². The SMILES string of the molecule is CC(CCC(=O)O)C(=O)O.CCOP(=O)(OCC)OCCCCNC(=O)c1ccc(C(F)(F)F)cc1Nc1nc2ncc(CNc3ccc(C(C)=O)cc3)nc2c(=O)[nH]1. The van der Waals surface area contributed by atoms with Crippen LogP contribution in [0.1, 0.15) is 85.4 Å². The zero-order valence-electron chi connectivity index (χ0n) is 32.6. The molecule has 2 aromatic carbocycles. The Labute approximate surface area is 335 Å². The first-order valence-electron chi connectivity index (χ1n) is 18.2. The number of phosphoric acid groups is 1. The lowest BCUT2D eigenvalue weighted by Crippen LogP contribution is -2.26. The van der Waals surface area contributed by atoms with Gasteiger partial charge in [-0.2, -0.15) is 18.2 Å². The summed E-state index contributed by atoms with van der Waals surface area (Å²) in [6.45, 7) is 6.85. The molecule has 1 amide bonds. The van der Waals surface area contributed by atoms with Gasteiger partial charge in [-0.15, -0.1) is 0 Å². The van der Waals surface area contributed by atoms with E-state index in [1.807, 2.05) is 0 Å². The molecule has 6 N–H and O–H groups in total. The average molecular weight is 852 g/mol. The molecule has 4 aromatic rings. The number of hydrogen-bond donors (Lipinski definition) is 6. The molecule has 1 atom stereocenters. The first-order valence-corrected chi connectivity index (χ1v) is 19.7. The molecule has 18 nitrogen and oxygen atoms in total. The van der Waals surface area contributed by atoms with Gasteiger partial charge in [-0.25, -0.2) is 14.5 Å². The van der Waals surface area contributed by atoms with Gasteiger partial charge in [0.2, 0.25) is 5.95 Å². The number of ketones is 1. The number of nitrogens with zero attached hydrogens (tertiary/aromatic N) is 3. The first-order chi connectivity index (χ1) is 27.8. The van der Waals surface area contributed by atoms with Crippen LogP contribution in [0.3, 0.4) is 0 Å². The van der Waals surface area contributed by atoms with E-state index in [2.05, 4.69) is 35.9 Å². The third-order valence-electron chi connectivity index (χ3n) is 7.97. The Balaban J connectivity index is 0.000000821. The van der Waals surface area contributed by atoms with Gasteiger partial charge >= 0.3 is 25.9 Å². The number of Topliss-reactive ketones (excluding diaryl/α,β-unsaturated/α-hetero) is 1. The van der Waals surface area contributed by atoms with Crippen LogP contribution in [0, 0.1) is 5.92 Å². The molecule has 0 aliphatic carbocycles. The third kappa shape index (κ3) is 15.5. The predicted octanol–water partition coefficient (Wildman–Crippen LogP) is 6.57. The molecule has 4 rings (SSSR count). The fraction of sp³-hybridized carbons (Fsp3) is 0.405. The van der Waals surface area contributed by atoms with E-state index in [0.29, 0.717) is 29.8 Å². The lowest BCUT2D eigenvalue weighted by Gasteiger charge is -2.16. The van der Waals surface area contributed by atoms with Crippen LogP contribution in [0.25, 0.3) is 11.2 Å². The maximum Gasteiger partial charge on any atom is 0.474 e. The normalized spacial score (nSPS) is 11.9. The molecule has 1 unspecified atom stereocenters. The Morgan fingerprint density at radius 2 is 1.64 bits per heavy atom. The Hall–Kier alpha value is -5.76. The molecule has 0 saturated heterocycles. The number of aromatic nitrogens is 4. The predicted molar refractivity (Wildman–Crippen MR) is 209 cm³/mol. The molecule has 320 valence electrons. The van der Waals surface area contributed by atoms with Crippen molar-refractivity contribution >= 4 is 59.9 Å². The van der Waals surface area contributed by atoms with Crippen molar-refractivity contribution in [2.75, 3.05) is 37.0 Å². The first kappa shape index (κ1) is 47.6. The molecule has 22 heteroatoms. The quantitative estimate of drug-likeness (QED) is 0.0294. The summed E-state index contributed by atoms with van der Waals surface area (Å²) in [7, 11) is -3.67. The number of carboxylic acid groups (broad SMARTS) is 2. The van der Waals surface area contributed by atoms with Gasteiger partial charge in [0.1, 0.15) is 0 Å². The van der Waals surface area contributed by atoms with Crippen molar-refractivity contribution in [2.24, 2.45) is 5.92 Å². The second-order valence-corrected chi connectivity index (χ2v) is 14.2. The maximum absolute atomic E-state index is 13.6. The van der Waals surface area contributed by atoms with Crippen molar-refractivity contribution in [1.29, 1.82) is 0 Å². The molecule has 0 aliphatic heterocycles. The van der Waals surface area contributed by atoms with E-state index < -0.39 is 48.9 Å². The lowest BCUT2D eigenvalue weighted by atomic mass is 10.1. The number of fused-ring (bicyclic) bond motifs is 1. The van der Waals surface area contributed by atoms with Gasteiger partial charge < -0.3 is 26.2 Å². The Morgan fingerprint density at radius 1 is 0.966 bits per heavy atom. The zero-order chi connectivity index (χ0) is 43.8. The fourth-order valence-electron chi connectivity index (χ4n) is 4.86. The van der Waals surface area contributed by atoms with Crippen LogP contribution >= 0.6 is 7.82 Å². The van der Waals surface area contributed by atoms with Gasteiger partial charge in [0.15, 0.2) is 16.9 Å². The van der Waals surface area contributed by atoms with Crippen LogP contribution in [0.5, 0.6) is 0 Å². The number of phosphoric ester groups is 1. The number of anilines is 3. The lowest BCUT2D eigenvalue weighted by molar-refractivity contribution is -0.142. The number of benzene rings is 2. The standard InChI is InChI=1S/C31H35F3N7O7P.C6H10O4/c1-4-46-49(45,47-5-2)48-15-7-6-14-35-28(43)24-13-10-21(31(32,33)34)16-25(24)39-30-40-27-26(29(44)41-30)38-23(18-37-27)17-36-22-11-8-20(9-12-22)19(3)42;1-4(6(9)10)2-3-5(7)8/h8-13,16,18,36H,4-7,14-15,17H2,1-3H3,(H,35,43)(H2,37,39,40,41,44);4H,2-3H2,1H3,(H,7,8)(H,9,10). The topological polar surface area (TPSA) is 261 Å². The van der Waals surface area contributed by atoms with Gasteiger partial charge in [-0.05, 0) is 82.5 Å². The third-order valence-corrected chi connectivity index (χ3v) is 9.62. The minimum Gasteiger partial charge on any atom is -0.481 e. The monoisotopic (exact) mass is 851 g/mol. The molecule has 2 aromatic heterocycles.